The Hall–Kier alpha value is -2.78. The van der Waals surface area contributed by atoms with Crippen LogP contribution in [0.2, 0.25) is 0 Å². The van der Waals surface area contributed by atoms with Gasteiger partial charge in [0.1, 0.15) is 5.82 Å². The van der Waals surface area contributed by atoms with Crippen LogP contribution in [0.3, 0.4) is 0 Å². The maximum absolute atomic E-state index is 13.1. The first-order valence-electron chi connectivity index (χ1n) is 13.5. The normalized spacial score (nSPS) is 16.1. The van der Waals surface area contributed by atoms with Gasteiger partial charge in [-0.2, -0.15) is 0 Å². The van der Waals surface area contributed by atoms with Crippen LogP contribution in [0.1, 0.15) is 85.8 Å². The molecule has 1 heterocycles. The molecule has 4 rings (SSSR count). The second-order valence-electron chi connectivity index (χ2n) is 11.3. The zero-order chi connectivity index (χ0) is 25.5. The largest absolute Gasteiger partial charge is 0.303 e. The van der Waals surface area contributed by atoms with Gasteiger partial charge in [0, 0.05) is 17.9 Å². The van der Waals surface area contributed by atoms with Gasteiger partial charge in [0.15, 0.2) is 5.78 Å². The number of hydrogen-bond acceptors (Lipinski definition) is 2. The lowest BCUT2D eigenvalue weighted by molar-refractivity contribution is 0.0976. The van der Waals surface area contributed by atoms with Crippen molar-refractivity contribution >= 4 is 5.78 Å². The monoisotopic (exact) mass is 485 g/mol. The molecule has 0 aliphatic carbocycles. The second-order valence-corrected chi connectivity index (χ2v) is 11.3. The first-order valence-corrected chi connectivity index (χ1v) is 13.5. The summed E-state index contributed by atoms with van der Waals surface area (Å²) in [5, 5.41) is 0. The minimum atomic E-state index is -0.300. The molecule has 0 amide bonds. The fourth-order valence-electron chi connectivity index (χ4n) is 5.50. The number of likely N-dealkylation sites (tertiary alicyclic amines) is 1. The molecule has 0 aromatic heterocycles. The van der Waals surface area contributed by atoms with Crippen LogP contribution < -0.4 is 0 Å². The highest BCUT2D eigenvalue weighted by molar-refractivity contribution is 5.95. The third-order valence-corrected chi connectivity index (χ3v) is 7.69. The Morgan fingerprint density at radius 3 is 2.08 bits per heavy atom. The summed E-state index contributed by atoms with van der Waals surface area (Å²) < 4.78 is 13.1. The van der Waals surface area contributed by atoms with E-state index in [2.05, 4.69) is 80.3 Å². The summed E-state index contributed by atoms with van der Waals surface area (Å²) in [6.45, 7) is 10.1. The van der Waals surface area contributed by atoms with Crippen molar-refractivity contribution in [3.63, 3.8) is 0 Å². The van der Waals surface area contributed by atoms with Crippen molar-refractivity contribution in [1.29, 1.82) is 0 Å². The molecule has 3 heteroatoms. The van der Waals surface area contributed by atoms with Crippen molar-refractivity contribution in [2.45, 2.75) is 64.2 Å². The number of unbranched alkanes of at least 4 members (excludes halogenated alkanes) is 1. The molecule has 1 atom stereocenters. The predicted octanol–water partition coefficient (Wildman–Crippen LogP) is 8.02. The number of Topliss-reactive ketones (excluding diaryl/α,β-unsaturated/α-hetero) is 1. The van der Waals surface area contributed by atoms with Crippen LogP contribution in [0.5, 0.6) is 0 Å². The molecule has 1 aliphatic rings. The summed E-state index contributed by atoms with van der Waals surface area (Å²) in [6.07, 6.45) is 4.81. The minimum absolute atomic E-state index is 0.108. The van der Waals surface area contributed by atoms with E-state index in [9.17, 15) is 9.18 Å². The van der Waals surface area contributed by atoms with E-state index in [4.69, 9.17) is 0 Å². The lowest BCUT2D eigenvalue weighted by Crippen LogP contribution is -2.36. The van der Waals surface area contributed by atoms with Crippen LogP contribution in [0, 0.1) is 11.7 Å². The molecule has 0 spiro atoms. The number of carbonyl (C=O) groups excluding carboxylic acids is 1. The summed E-state index contributed by atoms with van der Waals surface area (Å²) in [5.41, 5.74) is 4.99. The quantitative estimate of drug-likeness (QED) is 0.226. The van der Waals surface area contributed by atoms with E-state index in [0.717, 1.165) is 32.5 Å². The summed E-state index contributed by atoms with van der Waals surface area (Å²) >= 11 is 0. The van der Waals surface area contributed by atoms with E-state index in [1.54, 1.807) is 12.1 Å². The molecule has 1 fully saturated rings. The molecule has 1 aliphatic heterocycles. The van der Waals surface area contributed by atoms with Gasteiger partial charge in [-0.15, -0.1) is 0 Å². The maximum atomic E-state index is 13.1. The highest BCUT2D eigenvalue weighted by Gasteiger charge is 2.29. The minimum Gasteiger partial charge on any atom is -0.303 e. The molecule has 3 aromatic carbocycles. The molecular formula is C33H40FNO. The lowest BCUT2D eigenvalue weighted by Gasteiger charge is -2.37. The summed E-state index contributed by atoms with van der Waals surface area (Å²) in [7, 11) is 0. The number of rotatable bonds is 9. The predicted molar refractivity (Wildman–Crippen MR) is 147 cm³/mol. The number of halogens is 1. The van der Waals surface area contributed by atoms with Crippen molar-refractivity contribution in [3.05, 3.63) is 107 Å². The number of ketones is 1. The summed E-state index contributed by atoms with van der Waals surface area (Å²) in [6, 6.07) is 26.2. The van der Waals surface area contributed by atoms with E-state index in [-0.39, 0.29) is 17.0 Å². The van der Waals surface area contributed by atoms with Crippen LogP contribution in [-0.2, 0) is 5.41 Å². The molecular weight excluding hydrogens is 445 g/mol. The van der Waals surface area contributed by atoms with Crippen molar-refractivity contribution in [1.82, 2.24) is 4.90 Å². The van der Waals surface area contributed by atoms with E-state index >= 15 is 0 Å². The lowest BCUT2D eigenvalue weighted by atomic mass is 9.75. The molecule has 1 saturated heterocycles. The number of nitrogens with zero attached hydrogens (tertiary/aromatic N) is 1. The Morgan fingerprint density at radius 2 is 1.47 bits per heavy atom. The first-order chi connectivity index (χ1) is 17.3. The van der Waals surface area contributed by atoms with Crippen molar-refractivity contribution in [2.24, 2.45) is 5.92 Å². The van der Waals surface area contributed by atoms with Gasteiger partial charge in [-0.05, 0) is 97.6 Å². The van der Waals surface area contributed by atoms with E-state index < -0.39 is 0 Å². The fraction of sp³-hybridized carbons (Fsp3) is 0.424. The van der Waals surface area contributed by atoms with Gasteiger partial charge in [0.2, 0.25) is 0 Å². The molecule has 1 unspecified atom stereocenters. The fourth-order valence-corrected chi connectivity index (χ4v) is 5.50. The molecule has 3 aromatic rings. The third-order valence-electron chi connectivity index (χ3n) is 7.69. The Kier molecular flexibility index (Phi) is 8.74. The maximum Gasteiger partial charge on any atom is 0.162 e. The highest BCUT2D eigenvalue weighted by Crippen LogP contribution is 2.38. The SMILES string of the molecule is CC(C)(C)c1ccc(C(c2ccccc2)C2CCN(CCCCC(=O)c3ccc(F)cc3)CC2)cc1. The summed E-state index contributed by atoms with van der Waals surface area (Å²) in [4.78, 5) is 14.9. The van der Waals surface area contributed by atoms with E-state index in [0.29, 0.717) is 23.8 Å². The van der Waals surface area contributed by atoms with Crippen molar-refractivity contribution < 1.29 is 9.18 Å². The van der Waals surface area contributed by atoms with Gasteiger partial charge < -0.3 is 4.90 Å². The van der Waals surface area contributed by atoms with Crippen LogP contribution in [0.15, 0.2) is 78.9 Å². The number of piperidine rings is 1. The van der Waals surface area contributed by atoms with Crippen LogP contribution in [-0.4, -0.2) is 30.3 Å². The van der Waals surface area contributed by atoms with E-state index in [1.165, 1.54) is 41.7 Å². The van der Waals surface area contributed by atoms with Gasteiger partial charge >= 0.3 is 0 Å². The zero-order valence-electron chi connectivity index (χ0n) is 22.1. The van der Waals surface area contributed by atoms with Gasteiger partial charge in [-0.1, -0.05) is 75.4 Å². The number of carbonyl (C=O) groups is 1. The average Bonchev–Trinajstić information content (AvgIpc) is 2.88. The second kappa shape index (κ2) is 12.0. The molecule has 0 saturated carbocycles. The Labute approximate surface area is 216 Å². The summed E-state index contributed by atoms with van der Waals surface area (Å²) in [5.74, 6) is 0.864. The molecule has 0 N–H and O–H groups in total. The first kappa shape index (κ1) is 26.3. The topological polar surface area (TPSA) is 20.3 Å². The Bertz CT molecular complexity index is 1090. The van der Waals surface area contributed by atoms with Crippen LogP contribution >= 0.6 is 0 Å². The Balaban J connectivity index is 1.31. The van der Waals surface area contributed by atoms with Gasteiger partial charge in [-0.25, -0.2) is 4.39 Å². The van der Waals surface area contributed by atoms with Crippen molar-refractivity contribution in [3.8, 4) is 0 Å². The number of hydrogen-bond donors (Lipinski definition) is 0. The van der Waals surface area contributed by atoms with Gasteiger partial charge in [-0.3, -0.25) is 4.79 Å². The smallest absolute Gasteiger partial charge is 0.162 e. The standard InChI is InChI=1S/C33H40FNO/c1-33(2,3)29-16-12-27(13-17-29)32(26-9-5-4-6-10-26)28-20-23-35(24-21-28)22-8-7-11-31(36)25-14-18-30(34)19-15-25/h4-6,9-10,12-19,28,32H,7-8,11,20-24H2,1-3H3. The number of benzene rings is 3. The zero-order valence-corrected chi connectivity index (χ0v) is 22.1. The molecule has 0 bridgehead atoms. The molecule has 2 nitrogen and oxygen atoms in total. The van der Waals surface area contributed by atoms with Crippen molar-refractivity contribution in [2.75, 3.05) is 19.6 Å². The van der Waals surface area contributed by atoms with Gasteiger partial charge in [0.05, 0.1) is 0 Å². The third kappa shape index (κ3) is 6.91. The molecule has 36 heavy (non-hydrogen) atoms. The van der Waals surface area contributed by atoms with Crippen LogP contribution in [0.4, 0.5) is 4.39 Å². The van der Waals surface area contributed by atoms with Gasteiger partial charge in [0.25, 0.3) is 0 Å². The van der Waals surface area contributed by atoms with E-state index in [1.807, 2.05) is 0 Å². The highest BCUT2D eigenvalue weighted by atomic mass is 19.1. The molecule has 190 valence electrons. The molecule has 0 radical (unpaired) electrons. The average molecular weight is 486 g/mol. The van der Waals surface area contributed by atoms with Crippen LogP contribution in [0.25, 0.3) is 0 Å². The Morgan fingerprint density at radius 1 is 0.861 bits per heavy atom.